The van der Waals surface area contributed by atoms with Crippen molar-refractivity contribution in [3.8, 4) is 11.5 Å². The number of hydrogen-bond acceptors (Lipinski definition) is 11. The van der Waals surface area contributed by atoms with Crippen LogP contribution in [0.25, 0.3) is 16.6 Å². The summed E-state index contributed by atoms with van der Waals surface area (Å²) in [7, 11) is 0. The van der Waals surface area contributed by atoms with Gasteiger partial charge >= 0.3 is 0 Å². The van der Waals surface area contributed by atoms with Gasteiger partial charge in [0.1, 0.15) is 22.8 Å². The number of benzene rings is 3. The molecular weight excluding hydrogens is 860 g/mol. The van der Waals surface area contributed by atoms with Gasteiger partial charge in [0.2, 0.25) is 0 Å². The van der Waals surface area contributed by atoms with Crippen LogP contribution < -0.4 is 19.7 Å². The van der Waals surface area contributed by atoms with Crippen molar-refractivity contribution in [2.24, 2.45) is 5.41 Å². The molecule has 0 unspecified atom stereocenters. The van der Waals surface area contributed by atoms with Crippen molar-refractivity contribution in [3.05, 3.63) is 117 Å². The van der Waals surface area contributed by atoms with Gasteiger partial charge < -0.3 is 29.6 Å². The fourth-order valence-corrected chi connectivity index (χ4v) is 9.95. The minimum Gasteiger partial charge on any atom is -0.455 e. The molecule has 15 heteroatoms. The molecule has 1 amide bonds. The van der Waals surface area contributed by atoms with Gasteiger partial charge in [-0.15, -0.1) is 0 Å². The van der Waals surface area contributed by atoms with Crippen LogP contribution in [0.4, 0.5) is 17.1 Å². The molecule has 3 aliphatic rings. The highest BCUT2D eigenvalue weighted by molar-refractivity contribution is 7.98. The minimum absolute atomic E-state index is 0.0431. The predicted octanol–water partition coefficient (Wildman–Crippen LogP) is 10.8. The largest absolute Gasteiger partial charge is 0.455 e. The number of carbonyl (C=O) groups excluding carboxylic acids is 1. The highest BCUT2D eigenvalue weighted by Gasteiger charge is 2.30. The van der Waals surface area contributed by atoms with Gasteiger partial charge in [-0.25, -0.2) is 4.98 Å². The number of allylic oxidation sites excluding steroid dienone is 1. The summed E-state index contributed by atoms with van der Waals surface area (Å²) in [6, 6.07) is 22.8. The van der Waals surface area contributed by atoms with Gasteiger partial charge in [-0.1, -0.05) is 43.2 Å². The van der Waals surface area contributed by atoms with Crippen LogP contribution in [0.2, 0.25) is 5.02 Å². The van der Waals surface area contributed by atoms with Crippen molar-refractivity contribution in [1.82, 2.24) is 24.5 Å². The van der Waals surface area contributed by atoms with Crippen LogP contribution in [-0.4, -0.2) is 102 Å². The van der Waals surface area contributed by atoms with Gasteiger partial charge in [0.05, 0.1) is 28.9 Å². The van der Waals surface area contributed by atoms with Crippen molar-refractivity contribution >= 4 is 63.1 Å². The maximum atomic E-state index is 13.9. The van der Waals surface area contributed by atoms with Crippen LogP contribution in [0, 0.1) is 15.5 Å². The lowest BCUT2D eigenvalue weighted by Crippen LogP contribution is -2.47. The van der Waals surface area contributed by atoms with Gasteiger partial charge in [0, 0.05) is 91.7 Å². The molecule has 2 aromatic heterocycles. The molecule has 0 atom stereocenters. The van der Waals surface area contributed by atoms with Crippen molar-refractivity contribution in [2.75, 3.05) is 69.1 Å². The Morgan fingerprint density at radius 2 is 1.78 bits per heavy atom. The number of nitrogens with zero attached hydrogens (tertiary/aromatic N) is 5. The number of nitro benzene ring substituents is 1. The summed E-state index contributed by atoms with van der Waals surface area (Å²) in [5.41, 5.74) is 6.94. The SMILES string of the molecule is CC(C)OC1CCN(CCCNc2ccc(SNC(=O)c3ccc(N4CCN(CC5=C(c6ccc(Cl)cc6)CC(C)(C)CC5)CC4)cc3Oc3cnc4[nH]ccc4c3)cc2[N+](=O)[O-])CC1. The number of amides is 1. The van der Waals surface area contributed by atoms with E-state index in [0.29, 0.717) is 40.3 Å². The molecule has 2 aliphatic heterocycles. The number of likely N-dealkylation sites (tertiary alicyclic amines) is 1. The monoisotopic (exact) mass is 920 g/mol. The molecule has 0 bridgehead atoms. The number of nitro groups is 1. The summed E-state index contributed by atoms with van der Waals surface area (Å²) >= 11 is 7.30. The molecule has 65 heavy (non-hydrogen) atoms. The molecule has 1 aliphatic carbocycles. The van der Waals surface area contributed by atoms with Crippen LogP contribution in [0.15, 0.2) is 95.7 Å². The number of fused-ring (bicyclic) bond motifs is 1. The second-order valence-corrected chi connectivity index (χ2v) is 19.9. The number of H-pyrrole nitrogens is 1. The zero-order chi connectivity index (χ0) is 45.5. The molecular formula is C50H61ClN8O5S. The lowest BCUT2D eigenvalue weighted by Gasteiger charge is -2.39. The van der Waals surface area contributed by atoms with E-state index in [1.807, 2.05) is 42.6 Å². The third-order valence-corrected chi connectivity index (χ3v) is 13.8. The third kappa shape index (κ3) is 12.2. The topological polar surface area (TPSA) is 141 Å². The van der Waals surface area contributed by atoms with E-state index in [-0.39, 0.29) is 28.0 Å². The first-order chi connectivity index (χ1) is 31.4. The highest BCUT2D eigenvalue weighted by Crippen LogP contribution is 2.43. The number of pyridine rings is 1. The number of carbonyl (C=O) groups is 1. The van der Waals surface area contributed by atoms with E-state index in [9.17, 15) is 14.9 Å². The first kappa shape index (κ1) is 46.4. The number of piperazine rings is 1. The number of halogens is 1. The summed E-state index contributed by atoms with van der Waals surface area (Å²) in [4.78, 5) is 41.2. The molecule has 2 saturated heterocycles. The average molecular weight is 922 g/mol. The van der Waals surface area contributed by atoms with Gasteiger partial charge in [-0.2, -0.15) is 0 Å². The van der Waals surface area contributed by atoms with Crippen LogP contribution >= 0.6 is 23.5 Å². The maximum Gasteiger partial charge on any atom is 0.293 e. The zero-order valence-corrected chi connectivity index (χ0v) is 39.5. The smallest absolute Gasteiger partial charge is 0.293 e. The summed E-state index contributed by atoms with van der Waals surface area (Å²) in [6.07, 6.45) is 10.3. The number of aromatic amines is 1. The molecule has 0 radical (unpaired) electrons. The minimum atomic E-state index is -0.389. The van der Waals surface area contributed by atoms with Crippen LogP contribution in [0.3, 0.4) is 0 Å². The molecule has 344 valence electrons. The number of anilines is 2. The molecule has 0 spiro atoms. The zero-order valence-electron chi connectivity index (χ0n) is 37.9. The summed E-state index contributed by atoms with van der Waals surface area (Å²) in [6.45, 7) is 16.8. The quantitative estimate of drug-likeness (QED) is 0.0355. The maximum absolute atomic E-state index is 13.9. The Morgan fingerprint density at radius 3 is 2.54 bits per heavy atom. The van der Waals surface area contributed by atoms with Crippen LogP contribution in [0.1, 0.15) is 82.1 Å². The Kier molecular flexibility index (Phi) is 15.0. The summed E-state index contributed by atoms with van der Waals surface area (Å²) < 4.78 is 15.3. The summed E-state index contributed by atoms with van der Waals surface area (Å²) in [5.74, 6) is 0.504. The fraction of sp³-hybridized carbons (Fsp3) is 0.440. The van der Waals surface area contributed by atoms with Crippen LogP contribution in [0.5, 0.6) is 11.5 Å². The van der Waals surface area contributed by atoms with E-state index in [2.05, 4.69) is 74.5 Å². The van der Waals surface area contributed by atoms with Crippen molar-refractivity contribution in [2.45, 2.75) is 83.3 Å². The summed E-state index contributed by atoms with van der Waals surface area (Å²) in [5, 5.41) is 17.1. The Hall–Kier alpha value is -5.12. The van der Waals surface area contributed by atoms with Gasteiger partial charge in [-0.05, 0) is 136 Å². The Morgan fingerprint density at radius 1 is 1.00 bits per heavy atom. The number of ether oxygens (including phenoxy) is 2. The Bertz CT molecular complexity index is 2480. The Balaban J connectivity index is 0.912. The number of hydrogen-bond donors (Lipinski definition) is 3. The highest BCUT2D eigenvalue weighted by atomic mass is 35.5. The van der Waals surface area contributed by atoms with Gasteiger partial charge in [-0.3, -0.25) is 24.5 Å². The van der Waals surface area contributed by atoms with E-state index in [1.165, 1.54) is 29.2 Å². The fourth-order valence-electron chi connectivity index (χ4n) is 9.20. The van der Waals surface area contributed by atoms with Gasteiger partial charge in [0.15, 0.2) is 0 Å². The molecule has 3 N–H and O–H groups in total. The standard InChI is InChI=1S/C50H61ClN8O5S/c1-34(2)63-40-16-22-56(23-17-40)21-5-19-52-45-13-11-42(30-46(45)59(61)62)65-55-49(60)43-12-10-39(29-47(43)64-41-28-36-15-20-53-48(36)54-32-41)58-26-24-57(25-27-58)33-37-14-18-50(3,4)31-44(37)35-6-8-38(51)9-7-35/h6-13,15,20,28-30,32,34,40,52H,5,14,16-19,21-27,31,33H2,1-4H3,(H,53,54)(H,55,60). The Labute approximate surface area is 391 Å². The molecule has 13 nitrogen and oxygen atoms in total. The van der Waals surface area contributed by atoms with E-state index < -0.39 is 0 Å². The number of nitrogens with one attached hydrogen (secondary N) is 3. The van der Waals surface area contributed by atoms with Crippen LogP contribution in [-0.2, 0) is 4.74 Å². The van der Waals surface area contributed by atoms with E-state index in [1.54, 1.807) is 24.4 Å². The number of aromatic nitrogens is 2. The molecule has 2 fully saturated rings. The second-order valence-electron chi connectivity index (χ2n) is 18.5. The number of piperidine rings is 1. The van der Waals surface area contributed by atoms with Crippen molar-refractivity contribution in [3.63, 3.8) is 0 Å². The third-order valence-electron chi connectivity index (χ3n) is 12.7. The molecule has 0 saturated carbocycles. The number of rotatable bonds is 17. The first-order valence-corrected chi connectivity index (χ1v) is 24.1. The lowest BCUT2D eigenvalue weighted by molar-refractivity contribution is -0.384. The normalized spacial score (nSPS) is 17.5. The first-order valence-electron chi connectivity index (χ1n) is 22.9. The van der Waals surface area contributed by atoms with Crippen molar-refractivity contribution < 1.29 is 19.2 Å². The van der Waals surface area contributed by atoms with E-state index in [0.717, 1.165) is 118 Å². The molecule has 8 rings (SSSR count). The second kappa shape index (κ2) is 21.0. The van der Waals surface area contributed by atoms with Gasteiger partial charge in [0.25, 0.3) is 11.6 Å². The average Bonchev–Trinajstić information content (AvgIpc) is 3.77. The predicted molar refractivity (Wildman–Crippen MR) is 262 cm³/mol. The molecule has 3 aromatic carbocycles. The molecule has 5 aromatic rings. The lowest BCUT2D eigenvalue weighted by atomic mass is 9.72. The van der Waals surface area contributed by atoms with Crippen molar-refractivity contribution in [1.29, 1.82) is 0 Å². The van der Waals surface area contributed by atoms with E-state index >= 15 is 0 Å². The molecule has 4 heterocycles. The van der Waals surface area contributed by atoms with E-state index in [4.69, 9.17) is 21.1 Å².